The molecule has 0 bridgehead atoms. The van der Waals surface area contributed by atoms with Gasteiger partial charge < -0.3 is 5.73 Å². The molecule has 7 heteroatoms. The zero-order valence-electron chi connectivity index (χ0n) is 11.0. The first-order chi connectivity index (χ1) is 8.88. The molecule has 1 aromatic rings. The van der Waals surface area contributed by atoms with E-state index in [-0.39, 0.29) is 11.7 Å². The van der Waals surface area contributed by atoms with Crippen LogP contribution < -0.4 is 10.5 Å². The van der Waals surface area contributed by atoms with Crippen molar-refractivity contribution in [1.82, 2.24) is 4.72 Å². The van der Waals surface area contributed by atoms with Crippen LogP contribution in [-0.2, 0) is 10.0 Å². The molecule has 0 aliphatic heterocycles. The average molecular weight is 306 g/mol. The first kappa shape index (κ1) is 16.3. The van der Waals surface area contributed by atoms with Gasteiger partial charge in [0, 0.05) is 6.04 Å². The van der Waals surface area contributed by atoms with Crippen LogP contribution in [0.3, 0.4) is 0 Å². The molecular weight excluding hydrogens is 287 g/mol. The summed E-state index contributed by atoms with van der Waals surface area (Å²) in [6.45, 7) is 3.80. The van der Waals surface area contributed by atoms with Gasteiger partial charge in [0.05, 0.1) is 5.69 Å². The van der Waals surface area contributed by atoms with Crippen molar-refractivity contribution in [1.29, 1.82) is 0 Å². The summed E-state index contributed by atoms with van der Waals surface area (Å²) in [5.41, 5.74) is 5.46. The molecule has 4 nitrogen and oxygen atoms in total. The summed E-state index contributed by atoms with van der Waals surface area (Å²) in [6, 6.07) is 3.58. The Labute approximate surface area is 118 Å². The summed E-state index contributed by atoms with van der Waals surface area (Å²) < 4.78 is 40.2. The van der Waals surface area contributed by atoms with E-state index in [0.29, 0.717) is 6.42 Å². The molecular formula is C12H19FN2O2S2. The van der Waals surface area contributed by atoms with Crippen molar-refractivity contribution < 1.29 is 12.8 Å². The number of anilines is 1. The van der Waals surface area contributed by atoms with Crippen molar-refractivity contribution >= 4 is 27.5 Å². The number of rotatable bonds is 7. The molecule has 1 aromatic carbocycles. The van der Waals surface area contributed by atoms with Gasteiger partial charge in [0.1, 0.15) is 10.7 Å². The Balaban J connectivity index is 2.81. The molecule has 0 saturated carbocycles. The van der Waals surface area contributed by atoms with Crippen molar-refractivity contribution in [3.8, 4) is 0 Å². The van der Waals surface area contributed by atoms with Gasteiger partial charge >= 0.3 is 0 Å². The molecule has 1 unspecified atom stereocenters. The minimum absolute atomic E-state index is 0.0809. The first-order valence-electron chi connectivity index (χ1n) is 6.02. The molecule has 3 N–H and O–H groups in total. The lowest BCUT2D eigenvalue weighted by atomic mass is 10.3. The Morgan fingerprint density at radius 2 is 2.16 bits per heavy atom. The van der Waals surface area contributed by atoms with Crippen molar-refractivity contribution in [3.63, 3.8) is 0 Å². The summed E-state index contributed by atoms with van der Waals surface area (Å²) in [7, 11) is -3.92. The van der Waals surface area contributed by atoms with Gasteiger partial charge in [-0.15, -0.1) is 0 Å². The number of thioether (sulfide) groups is 1. The third-order valence-corrected chi connectivity index (χ3v) is 5.14. The topological polar surface area (TPSA) is 72.2 Å². The lowest BCUT2D eigenvalue weighted by Gasteiger charge is -2.15. The van der Waals surface area contributed by atoms with E-state index in [2.05, 4.69) is 4.72 Å². The molecule has 19 heavy (non-hydrogen) atoms. The lowest BCUT2D eigenvalue weighted by molar-refractivity contribution is 0.541. The van der Waals surface area contributed by atoms with E-state index in [1.165, 1.54) is 12.1 Å². The highest BCUT2D eigenvalue weighted by Gasteiger charge is 2.23. The first-order valence-corrected chi connectivity index (χ1v) is 8.66. The third-order valence-electron chi connectivity index (χ3n) is 2.52. The van der Waals surface area contributed by atoms with Crippen molar-refractivity contribution in [3.05, 3.63) is 24.0 Å². The van der Waals surface area contributed by atoms with Gasteiger partial charge in [-0.3, -0.25) is 0 Å². The van der Waals surface area contributed by atoms with Crippen LogP contribution in [0.4, 0.5) is 10.1 Å². The number of halogens is 1. The molecule has 1 atom stereocenters. The molecule has 0 aliphatic rings. The molecule has 0 saturated heterocycles. The van der Waals surface area contributed by atoms with E-state index in [0.717, 1.165) is 17.6 Å². The second-order valence-corrected chi connectivity index (χ2v) is 7.21. The number of nitrogen functional groups attached to an aromatic ring is 1. The summed E-state index contributed by atoms with van der Waals surface area (Å²) >= 11 is 1.73. The van der Waals surface area contributed by atoms with Crippen molar-refractivity contribution in [2.45, 2.75) is 31.2 Å². The fraction of sp³-hybridized carbons (Fsp3) is 0.500. The van der Waals surface area contributed by atoms with E-state index in [9.17, 15) is 12.8 Å². The van der Waals surface area contributed by atoms with E-state index in [1.807, 2.05) is 6.92 Å². The SMILES string of the molecule is CCSCCC(C)NS(=O)(=O)c1c(N)cccc1F. The van der Waals surface area contributed by atoms with Gasteiger partial charge in [0.25, 0.3) is 0 Å². The van der Waals surface area contributed by atoms with E-state index >= 15 is 0 Å². The molecule has 0 fully saturated rings. The Hall–Kier alpha value is -0.790. The zero-order valence-corrected chi connectivity index (χ0v) is 12.7. The number of hydrogen-bond donors (Lipinski definition) is 2. The van der Waals surface area contributed by atoms with Crippen LogP contribution in [0.5, 0.6) is 0 Å². The number of sulfonamides is 1. The summed E-state index contributed by atoms with van der Waals surface area (Å²) in [5, 5.41) is 0. The largest absolute Gasteiger partial charge is 0.398 e. The van der Waals surface area contributed by atoms with E-state index in [4.69, 9.17) is 5.73 Å². The normalized spacial score (nSPS) is 13.4. The summed E-state index contributed by atoms with van der Waals surface area (Å²) in [4.78, 5) is -0.468. The second-order valence-electron chi connectivity index (χ2n) is 4.17. The maximum atomic E-state index is 13.6. The van der Waals surface area contributed by atoms with Gasteiger partial charge in [-0.1, -0.05) is 13.0 Å². The molecule has 0 aliphatic carbocycles. The monoisotopic (exact) mass is 306 g/mol. The van der Waals surface area contributed by atoms with Crippen LogP contribution in [0.15, 0.2) is 23.1 Å². The third kappa shape index (κ3) is 4.67. The maximum Gasteiger partial charge on any atom is 0.245 e. The fourth-order valence-electron chi connectivity index (χ4n) is 1.60. The molecule has 0 spiro atoms. The van der Waals surface area contributed by atoms with Crippen LogP contribution in [0.1, 0.15) is 20.3 Å². The highest BCUT2D eigenvalue weighted by atomic mass is 32.2. The Bertz CT molecular complexity index is 500. The predicted molar refractivity (Wildman–Crippen MR) is 78.2 cm³/mol. The number of nitrogens with one attached hydrogen (secondary N) is 1. The molecule has 1 rings (SSSR count). The van der Waals surface area contributed by atoms with Crippen LogP contribution in [0, 0.1) is 5.82 Å². The zero-order chi connectivity index (χ0) is 14.5. The quantitative estimate of drug-likeness (QED) is 0.598. The van der Waals surface area contributed by atoms with Crippen molar-refractivity contribution in [2.75, 3.05) is 17.2 Å². The van der Waals surface area contributed by atoms with Crippen molar-refractivity contribution in [2.24, 2.45) is 0 Å². The van der Waals surface area contributed by atoms with Gasteiger partial charge in [-0.25, -0.2) is 17.5 Å². The van der Waals surface area contributed by atoms with Gasteiger partial charge in [0.15, 0.2) is 0 Å². The molecule has 0 heterocycles. The standard InChI is InChI=1S/C12H19FN2O2S2/c1-3-18-8-7-9(2)15-19(16,17)12-10(13)5-4-6-11(12)14/h4-6,9,15H,3,7-8,14H2,1-2H3. The fourth-order valence-corrected chi connectivity index (χ4v) is 3.87. The van der Waals surface area contributed by atoms with Gasteiger partial charge in [-0.05, 0) is 37.0 Å². The second kappa shape index (κ2) is 7.12. The van der Waals surface area contributed by atoms with Gasteiger partial charge in [-0.2, -0.15) is 11.8 Å². The van der Waals surface area contributed by atoms with Crippen LogP contribution >= 0.6 is 11.8 Å². The summed E-state index contributed by atoms with van der Waals surface area (Å²) in [5.74, 6) is 1.01. The number of nitrogens with two attached hydrogens (primary N) is 1. The van der Waals surface area contributed by atoms with Crippen LogP contribution in [0.2, 0.25) is 0 Å². The summed E-state index contributed by atoms with van der Waals surface area (Å²) in [6.07, 6.45) is 0.687. The maximum absolute atomic E-state index is 13.6. The molecule has 0 radical (unpaired) electrons. The Kier molecular flexibility index (Phi) is 6.09. The molecule has 0 amide bonds. The van der Waals surface area contributed by atoms with E-state index < -0.39 is 20.7 Å². The van der Waals surface area contributed by atoms with Crippen LogP contribution in [-0.4, -0.2) is 26.0 Å². The Morgan fingerprint density at radius 3 is 2.74 bits per heavy atom. The molecule has 108 valence electrons. The highest BCUT2D eigenvalue weighted by molar-refractivity contribution is 7.99. The molecule has 0 aromatic heterocycles. The number of hydrogen-bond acceptors (Lipinski definition) is 4. The predicted octanol–water partition coefficient (Wildman–Crippen LogP) is 2.22. The highest BCUT2D eigenvalue weighted by Crippen LogP contribution is 2.22. The van der Waals surface area contributed by atoms with E-state index in [1.54, 1.807) is 18.7 Å². The Morgan fingerprint density at radius 1 is 1.47 bits per heavy atom. The minimum Gasteiger partial charge on any atom is -0.398 e. The minimum atomic E-state index is -3.92. The van der Waals surface area contributed by atoms with Gasteiger partial charge in [0.2, 0.25) is 10.0 Å². The number of benzene rings is 1. The lowest BCUT2D eigenvalue weighted by Crippen LogP contribution is -2.34. The average Bonchev–Trinajstić information content (AvgIpc) is 2.27. The smallest absolute Gasteiger partial charge is 0.245 e. The van der Waals surface area contributed by atoms with Crippen LogP contribution in [0.25, 0.3) is 0 Å².